The SMILES string of the molecule is CCCN(CCC)S(=O)(=O)c1ccc(NC(=O)c2ccc(Br)o2)cc1. The third kappa shape index (κ3) is 4.93. The zero-order valence-corrected chi connectivity index (χ0v) is 16.6. The van der Waals surface area contributed by atoms with Gasteiger partial charge in [-0.1, -0.05) is 13.8 Å². The summed E-state index contributed by atoms with van der Waals surface area (Å²) in [6, 6.07) is 9.31. The lowest BCUT2D eigenvalue weighted by molar-refractivity contribution is 0.0995. The van der Waals surface area contributed by atoms with E-state index in [0.717, 1.165) is 12.8 Å². The van der Waals surface area contributed by atoms with Gasteiger partial charge in [0.25, 0.3) is 5.91 Å². The highest BCUT2D eigenvalue weighted by molar-refractivity contribution is 9.10. The molecule has 0 bridgehead atoms. The van der Waals surface area contributed by atoms with Gasteiger partial charge in [0.1, 0.15) is 0 Å². The fourth-order valence-electron chi connectivity index (χ4n) is 2.34. The Hall–Kier alpha value is -1.64. The van der Waals surface area contributed by atoms with E-state index in [1.807, 2.05) is 13.8 Å². The third-order valence-electron chi connectivity index (χ3n) is 3.49. The van der Waals surface area contributed by atoms with Crippen LogP contribution in [0.3, 0.4) is 0 Å². The Balaban J connectivity index is 2.14. The van der Waals surface area contributed by atoms with Crippen molar-refractivity contribution in [1.29, 1.82) is 0 Å². The van der Waals surface area contributed by atoms with Gasteiger partial charge < -0.3 is 9.73 Å². The van der Waals surface area contributed by atoms with Crippen LogP contribution in [0.5, 0.6) is 0 Å². The Morgan fingerprint density at radius 3 is 2.16 bits per heavy atom. The molecule has 0 fully saturated rings. The molecule has 0 atom stereocenters. The van der Waals surface area contributed by atoms with E-state index >= 15 is 0 Å². The summed E-state index contributed by atoms with van der Waals surface area (Å²) in [5, 5.41) is 2.67. The maximum Gasteiger partial charge on any atom is 0.291 e. The van der Waals surface area contributed by atoms with Gasteiger partial charge in [0.2, 0.25) is 10.0 Å². The second-order valence-electron chi connectivity index (χ2n) is 5.49. The zero-order chi connectivity index (χ0) is 18.4. The van der Waals surface area contributed by atoms with Crippen LogP contribution in [0.25, 0.3) is 0 Å². The predicted octanol–water partition coefficient (Wildman–Crippen LogP) is 4.11. The number of carbonyl (C=O) groups excluding carboxylic acids is 1. The van der Waals surface area contributed by atoms with Crippen LogP contribution in [0.4, 0.5) is 5.69 Å². The lowest BCUT2D eigenvalue weighted by Gasteiger charge is -2.21. The fraction of sp³-hybridized carbons (Fsp3) is 0.353. The Labute approximate surface area is 156 Å². The molecule has 1 aromatic heterocycles. The van der Waals surface area contributed by atoms with Crippen LogP contribution in [-0.4, -0.2) is 31.7 Å². The molecule has 1 heterocycles. The van der Waals surface area contributed by atoms with Crippen molar-refractivity contribution in [2.75, 3.05) is 18.4 Å². The first-order chi connectivity index (χ1) is 11.9. The molecular formula is C17H21BrN2O4S. The average Bonchev–Trinajstić information content (AvgIpc) is 3.02. The first-order valence-electron chi connectivity index (χ1n) is 8.05. The Morgan fingerprint density at radius 2 is 1.68 bits per heavy atom. The molecule has 1 amide bonds. The van der Waals surface area contributed by atoms with Crippen LogP contribution in [0.15, 0.2) is 50.4 Å². The first kappa shape index (κ1) is 19.7. The average molecular weight is 429 g/mol. The van der Waals surface area contributed by atoms with Crippen molar-refractivity contribution in [2.24, 2.45) is 0 Å². The molecule has 2 rings (SSSR count). The van der Waals surface area contributed by atoms with E-state index in [9.17, 15) is 13.2 Å². The first-order valence-corrected chi connectivity index (χ1v) is 10.3. The second kappa shape index (κ2) is 8.64. The van der Waals surface area contributed by atoms with Crippen LogP contribution in [0.1, 0.15) is 37.2 Å². The van der Waals surface area contributed by atoms with Crippen LogP contribution >= 0.6 is 15.9 Å². The summed E-state index contributed by atoms with van der Waals surface area (Å²) in [7, 11) is -3.52. The summed E-state index contributed by atoms with van der Waals surface area (Å²) in [6.45, 7) is 4.87. The number of anilines is 1. The van der Waals surface area contributed by atoms with E-state index in [1.165, 1.54) is 16.4 Å². The number of nitrogens with zero attached hydrogens (tertiary/aromatic N) is 1. The molecule has 0 aliphatic heterocycles. The van der Waals surface area contributed by atoms with Gasteiger partial charge in [-0.25, -0.2) is 8.42 Å². The number of sulfonamides is 1. The van der Waals surface area contributed by atoms with Crippen molar-refractivity contribution in [3.8, 4) is 0 Å². The zero-order valence-electron chi connectivity index (χ0n) is 14.2. The fourth-order valence-corrected chi connectivity index (χ4v) is 4.27. The van der Waals surface area contributed by atoms with Crippen molar-refractivity contribution in [1.82, 2.24) is 4.31 Å². The molecule has 136 valence electrons. The standard InChI is InChI=1S/C17H21BrN2O4S/c1-3-11-20(12-4-2)25(22,23)14-7-5-13(6-8-14)19-17(21)15-9-10-16(18)24-15/h5-10H,3-4,11-12H2,1-2H3,(H,19,21). The van der Waals surface area contributed by atoms with Crippen LogP contribution in [0.2, 0.25) is 0 Å². The highest BCUT2D eigenvalue weighted by Gasteiger charge is 2.23. The van der Waals surface area contributed by atoms with Crippen LogP contribution in [0, 0.1) is 0 Å². The number of furan rings is 1. The minimum Gasteiger partial charge on any atom is -0.444 e. The van der Waals surface area contributed by atoms with E-state index in [2.05, 4.69) is 21.2 Å². The van der Waals surface area contributed by atoms with E-state index in [4.69, 9.17) is 4.42 Å². The maximum atomic E-state index is 12.7. The highest BCUT2D eigenvalue weighted by Crippen LogP contribution is 2.20. The number of rotatable bonds is 8. The van der Waals surface area contributed by atoms with Crippen molar-refractivity contribution in [2.45, 2.75) is 31.6 Å². The molecule has 6 nitrogen and oxygen atoms in total. The quantitative estimate of drug-likeness (QED) is 0.685. The maximum absolute atomic E-state index is 12.7. The molecule has 1 N–H and O–H groups in total. The predicted molar refractivity (Wildman–Crippen MR) is 100 cm³/mol. The van der Waals surface area contributed by atoms with Crippen molar-refractivity contribution in [3.63, 3.8) is 0 Å². The molecule has 0 radical (unpaired) electrons. The van der Waals surface area contributed by atoms with Crippen LogP contribution in [-0.2, 0) is 10.0 Å². The van der Waals surface area contributed by atoms with Crippen molar-refractivity contribution >= 4 is 37.5 Å². The van der Waals surface area contributed by atoms with Crippen molar-refractivity contribution < 1.29 is 17.6 Å². The number of hydrogen-bond acceptors (Lipinski definition) is 4. The van der Waals surface area contributed by atoms with Gasteiger partial charge in [-0.15, -0.1) is 0 Å². The van der Waals surface area contributed by atoms with Gasteiger partial charge in [-0.2, -0.15) is 4.31 Å². The normalized spacial score (nSPS) is 11.7. The van der Waals surface area contributed by atoms with Gasteiger partial charge in [0.05, 0.1) is 4.90 Å². The number of halogens is 1. The summed E-state index contributed by atoms with van der Waals surface area (Å²) in [6.07, 6.45) is 1.51. The molecule has 0 spiro atoms. The molecule has 0 aliphatic rings. The Kier molecular flexibility index (Phi) is 6.80. The van der Waals surface area contributed by atoms with Gasteiger partial charge in [-0.05, 0) is 65.2 Å². The van der Waals surface area contributed by atoms with Gasteiger partial charge in [-0.3, -0.25) is 4.79 Å². The Morgan fingerprint density at radius 1 is 1.08 bits per heavy atom. The summed E-state index contributed by atoms with van der Waals surface area (Å²) in [5.41, 5.74) is 0.494. The molecule has 0 saturated carbocycles. The monoisotopic (exact) mass is 428 g/mol. The van der Waals surface area contributed by atoms with Gasteiger partial charge >= 0.3 is 0 Å². The van der Waals surface area contributed by atoms with Gasteiger partial charge in [0.15, 0.2) is 10.4 Å². The minimum absolute atomic E-state index is 0.167. The van der Waals surface area contributed by atoms with Crippen molar-refractivity contribution in [3.05, 3.63) is 46.8 Å². The Bertz CT molecular complexity index is 809. The van der Waals surface area contributed by atoms with E-state index in [-0.39, 0.29) is 10.7 Å². The minimum atomic E-state index is -3.52. The van der Waals surface area contributed by atoms with E-state index in [1.54, 1.807) is 24.3 Å². The number of amides is 1. The summed E-state index contributed by atoms with van der Waals surface area (Å²) >= 11 is 3.14. The lowest BCUT2D eigenvalue weighted by Crippen LogP contribution is -2.32. The smallest absolute Gasteiger partial charge is 0.291 e. The van der Waals surface area contributed by atoms with E-state index < -0.39 is 15.9 Å². The number of carbonyl (C=O) groups is 1. The molecule has 1 aromatic carbocycles. The number of nitrogens with one attached hydrogen (secondary N) is 1. The van der Waals surface area contributed by atoms with Gasteiger partial charge in [0, 0.05) is 18.8 Å². The highest BCUT2D eigenvalue weighted by atomic mass is 79.9. The lowest BCUT2D eigenvalue weighted by atomic mass is 10.3. The summed E-state index contributed by atoms with van der Waals surface area (Å²) in [4.78, 5) is 12.3. The topological polar surface area (TPSA) is 79.6 Å². The molecule has 8 heteroatoms. The summed E-state index contributed by atoms with van der Waals surface area (Å²) in [5.74, 6) is -0.236. The molecule has 2 aromatic rings. The molecule has 0 saturated heterocycles. The second-order valence-corrected chi connectivity index (χ2v) is 8.21. The molecule has 0 unspecified atom stereocenters. The summed E-state index contributed by atoms with van der Waals surface area (Å²) < 4.78 is 32.5. The third-order valence-corrected chi connectivity index (χ3v) is 5.83. The largest absolute Gasteiger partial charge is 0.444 e. The molecule has 25 heavy (non-hydrogen) atoms. The molecule has 0 aliphatic carbocycles. The van der Waals surface area contributed by atoms with E-state index in [0.29, 0.717) is 23.4 Å². The number of benzene rings is 1. The molecular weight excluding hydrogens is 408 g/mol. The number of hydrogen-bond donors (Lipinski definition) is 1. The van der Waals surface area contributed by atoms with Crippen LogP contribution < -0.4 is 5.32 Å².